The number of ether oxygens (including phenoxy) is 1. The number of carboxylic acid groups (broad SMARTS) is 1. The summed E-state index contributed by atoms with van der Waals surface area (Å²) in [5.41, 5.74) is 1.12. The molecule has 0 bridgehead atoms. The van der Waals surface area contributed by atoms with Crippen molar-refractivity contribution in [1.29, 1.82) is 0 Å². The van der Waals surface area contributed by atoms with Crippen molar-refractivity contribution in [2.75, 3.05) is 13.1 Å². The van der Waals surface area contributed by atoms with E-state index in [1.807, 2.05) is 44.2 Å². The summed E-state index contributed by atoms with van der Waals surface area (Å²) in [5.74, 6) is -0.968. The van der Waals surface area contributed by atoms with Crippen molar-refractivity contribution >= 4 is 11.9 Å². The fourth-order valence-corrected chi connectivity index (χ4v) is 2.98. The predicted molar refractivity (Wildman–Crippen MR) is 87.0 cm³/mol. The van der Waals surface area contributed by atoms with Gasteiger partial charge in [0.2, 0.25) is 5.91 Å². The van der Waals surface area contributed by atoms with Crippen LogP contribution in [0.25, 0.3) is 0 Å². The van der Waals surface area contributed by atoms with Gasteiger partial charge in [0, 0.05) is 12.5 Å². The van der Waals surface area contributed by atoms with Crippen molar-refractivity contribution in [2.24, 2.45) is 11.8 Å². The Kier molecular flexibility index (Phi) is 5.77. The van der Waals surface area contributed by atoms with Gasteiger partial charge >= 0.3 is 5.97 Å². The number of carbonyl (C=O) groups is 2. The van der Waals surface area contributed by atoms with E-state index in [-0.39, 0.29) is 30.4 Å². The third-order valence-corrected chi connectivity index (χ3v) is 4.27. The van der Waals surface area contributed by atoms with Crippen molar-refractivity contribution in [3.8, 4) is 0 Å². The van der Waals surface area contributed by atoms with Crippen LogP contribution in [0.4, 0.5) is 0 Å². The Morgan fingerprint density at radius 3 is 2.48 bits per heavy atom. The molecule has 0 aliphatic carbocycles. The maximum atomic E-state index is 12.9. The number of carbonyl (C=O) groups excluding carboxylic acids is 1. The van der Waals surface area contributed by atoms with E-state index in [4.69, 9.17) is 4.74 Å². The van der Waals surface area contributed by atoms with Crippen molar-refractivity contribution in [1.82, 2.24) is 4.90 Å². The standard InChI is InChI=1S/C18H25NO4/c1-12(2)15(9-14-7-5-4-6-8-14)17(20)19-10-13(3)23-16(11-19)18(21)22/h4-8,12-13,15-16H,9-11H2,1-3H3,(H,21,22)/t13-,15?,16?/m1/s1. The summed E-state index contributed by atoms with van der Waals surface area (Å²) in [7, 11) is 0. The molecule has 1 heterocycles. The lowest BCUT2D eigenvalue weighted by Gasteiger charge is -2.37. The van der Waals surface area contributed by atoms with Crippen LogP contribution in [0.15, 0.2) is 30.3 Å². The molecule has 0 saturated carbocycles. The van der Waals surface area contributed by atoms with E-state index in [2.05, 4.69) is 0 Å². The van der Waals surface area contributed by atoms with Crippen LogP contribution in [0.3, 0.4) is 0 Å². The lowest BCUT2D eigenvalue weighted by molar-refractivity contribution is -0.168. The third kappa shape index (κ3) is 4.55. The number of hydrogen-bond acceptors (Lipinski definition) is 3. The number of morpholine rings is 1. The molecule has 0 radical (unpaired) electrons. The molecule has 1 amide bonds. The van der Waals surface area contributed by atoms with Gasteiger partial charge in [-0.15, -0.1) is 0 Å². The number of carboxylic acids is 1. The number of benzene rings is 1. The van der Waals surface area contributed by atoms with Crippen molar-refractivity contribution in [3.05, 3.63) is 35.9 Å². The third-order valence-electron chi connectivity index (χ3n) is 4.27. The Morgan fingerprint density at radius 1 is 1.26 bits per heavy atom. The summed E-state index contributed by atoms with van der Waals surface area (Å²) < 4.78 is 5.39. The van der Waals surface area contributed by atoms with Gasteiger partial charge in [-0.3, -0.25) is 4.79 Å². The molecule has 1 saturated heterocycles. The van der Waals surface area contributed by atoms with E-state index in [1.54, 1.807) is 11.8 Å². The molecule has 3 atom stereocenters. The molecule has 5 nitrogen and oxygen atoms in total. The molecule has 1 fully saturated rings. The molecule has 1 aromatic carbocycles. The van der Waals surface area contributed by atoms with Crippen LogP contribution in [0, 0.1) is 11.8 Å². The second-order valence-corrected chi connectivity index (χ2v) is 6.56. The van der Waals surface area contributed by atoms with E-state index in [0.717, 1.165) is 5.56 Å². The Hall–Kier alpha value is -1.88. The van der Waals surface area contributed by atoms with Crippen LogP contribution >= 0.6 is 0 Å². The van der Waals surface area contributed by atoms with E-state index >= 15 is 0 Å². The van der Waals surface area contributed by atoms with Crippen LogP contribution in [0.1, 0.15) is 26.3 Å². The summed E-state index contributed by atoms with van der Waals surface area (Å²) in [6.45, 7) is 6.43. The zero-order chi connectivity index (χ0) is 17.0. The van der Waals surface area contributed by atoms with Gasteiger partial charge < -0.3 is 14.7 Å². The minimum absolute atomic E-state index is 0.0188. The maximum Gasteiger partial charge on any atom is 0.334 e. The summed E-state index contributed by atoms with van der Waals surface area (Å²) in [4.78, 5) is 25.8. The van der Waals surface area contributed by atoms with Crippen LogP contribution in [0.2, 0.25) is 0 Å². The Balaban J connectivity index is 2.12. The van der Waals surface area contributed by atoms with Gasteiger partial charge in [-0.05, 0) is 24.8 Å². The zero-order valence-corrected chi connectivity index (χ0v) is 13.9. The summed E-state index contributed by atoms with van der Waals surface area (Å²) >= 11 is 0. The van der Waals surface area contributed by atoms with Crippen LogP contribution in [-0.4, -0.2) is 47.2 Å². The molecule has 126 valence electrons. The largest absolute Gasteiger partial charge is 0.479 e. The first-order valence-corrected chi connectivity index (χ1v) is 8.09. The molecule has 0 aromatic heterocycles. The fourth-order valence-electron chi connectivity index (χ4n) is 2.98. The highest BCUT2D eigenvalue weighted by atomic mass is 16.5. The number of amides is 1. The number of rotatable bonds is 5. The van der Waals surface area contributed by atoms with Crippen molar-refractivity contribution < 1.29 is 19.4 Å². The Labute approximate surface area is 137 Å². The second kappa shape index (κ2) is 7.59. The molecule has 0 spiro atoms. The molecule has 2 rings (SSSR count). The first kappa shape index (κ1) is 17.5. The van der Waals surface area contributed by atoms with Gasteiger partial charge in [0.05, 0.1) is 12.6 Å². The summed E-state index contributed by atoms with van der Waals surface area (Å²) in [5, 5.41) is 9.18. The summed E-state index contributed by atoms with van der Waals surface area (Å²) in [6, 6.07) is 9.93. The van der Waals surface area contributed by atoms with Gasteiger partial charge in [0.25, 0.3) is 0 Å². The van der Waals surface area contributed by atoms with Crippen molar-refractivity contribution in [2.45, 2.75) is 39.4 Å². The highest BCUT2D eigenvalue weighted by molar-refractivity contribution is 5.81. The van der Waals surface area contributed by atoms with Gasteiger partial charge in [-0.1, -0.05) is 44.2 Å². The minimum atomic E-state index is -1.02. The van der Waals surface area contributed by atoms with Crippen LogP contribution in [-0.2, 0) is 20.7 Å². The molecule has 23 heavy (non-hydrogen) atoms. The van der Waals surface area contributed by atoms with Gasteiger partial charge in [0.1, 0.15) is 0 Å². The Bertz CT molecular complexity index is 543. The molecule has 5 heteroatoms. The smallest absolute Gasteiger partial charge is 0.334 e. The number of hydrogen-bond donors (Lipinski definition) is 1. The zero-order valence-electron chi connectivity index (χ0n) is 13.9. The summed E-state index contributed by atoms with van der Waals surface area (Å²) in [6.07, 6.45) is -0.536. The quantitative estimate of drug-likeness (QED) is 0.903. The monoisotopic (exact) mass is 319 g/mol. The predicted octanol–water partition coefficient (Wildman–Crippen LogP) is 2.20. The molecule has 1 aliphatic rings. The fraction of sp³-hybridized carbons (Fsp3) is 0.556. The molecule has 1 aliphatic heterocycles. The highest BCUT2D eigenvalue weighted by Crippen LogP contribution is 2.22. The van der Waals surface area contributed by atoms with E-state index < -0.39 is 12.1 Å². The first-order valence-electron chi connectivity index (χ1n) is 8.09. The average molecular weight is 319 g/mol. The second-order valence-electron chi connectivity index (χ2n) is 6.56. The van der Waals surface area contributed by atoms with Crippen LogP contribution in [0.5, 0.6) is 0 Å². The van der Waals surface area contributed by atoms with E-state index in [1.165, 1.54) is 0 Å². The lowest BCUT2D eigenvalue weighted by Crippen LogP contribution is -2.53. The van der Waals surface area contributed by atoms with E-state index in [9.17, 15) is 14.7 Å². The van der Waals surface area contributed by atoms with Gasteiger partial charge in [-0.2, -0.15) is 0 Å². The normalized spacial score (nSPS) is 22.9. The molecule has 1 N–H and O–H groups in total. The molecule has 1 aromatic rings. The maximum absolute atomic E-state index is 12.9. The van der Waals surface area contributed by atoms with Crippen molar-refractivity contribution in [3.63, 3.8) is 0 Å². The average Bonchev–Trinajstić information content (AvgIpc) is 2.52. The van der Waals surface area contributed by atoms with E-state index in [0.29, 0.717) is 13.0 Å². The number of aliphatic carboxylic acids is 1. The molecular weight excluding hydrogens is 294 g/mol. The number of nitrogens with zero attached hydrogens (tertiary/aromatic N) is 1. The Morgan fingerprint density at radius 2 is 1.91 bits per heavy atom. The lowest BCUT2D eigenvalue weighted by atomic mass is 9.87. The van der Waals surface area contributed by atoms with Gasteiger partial charge in [0.15, 0.2) is 6.10 Å². The first-order chi connectivity index (χ1) is 10.9. The van der Waals surface area contributed by atoms with Gasteiger partial charge in [-0.25, -0.2) is 4.79 Å². The molecular formula is C18H25NO4. The molecule has 2 unspecified atom stereocenters. The SMILES string of the molecule is CC(C)C(Cc1ccccc1)C(=O)N1CC(C(=O)O)O[C@H](C)C1. The minimum Gasteiger partial charge on any atom is -0.479 e. The topological polar surface area (TPSA) is 66.8 Å². The van der Waals surface area contributed by atoms with Crippen LogP contribution < -0.4 is 0 Å². The highest BCUT2D eigenvalue weighted by Gasteiger charge is 2.36.